The summed E-state index contributed by atoms with van der Waals surface area (Å²) in [5.41, 5.74) is 2.34. The molecule has 1 amide bonds. The Labute approximate surface area is 358 Å². The molecule has 3 saturated carbocycles. The minimum atomic E-state index is -5.12. The monoisotopic (exact) mass is 872 g/mol. The van der Waals surface area contributed by atoms with E-state index in [0.29, 0.717) is 54.3 Å². The Bertz CT molecular complexity index is 2130. The topological polar surface area (TPSA) is 108 Å². The zero-order chi connectivity index (χ0) is 44.5. The number of esters is 1. The predicted molar refractivity (Wildman–Crippen MR) is 225 cm³/mol. The normalized spacial score (nSPS) is 24.0. The summed E-state index contributed by atoms with van der Waals surface area (Å²) in [6.07, 6.45) is -2.27. The summed E-state index contributed by atoms with van der Waals surface area (Å²) in [4.78, 5) is 29.2. The lowest BCUT2D eigenvalue weighted by atomic mass is 9.45. The number of para-hydroxylation sites is 1. The molecule has 4 aliphatic rings. The lowest BCUT2D eigenvalue weighted by molar-refractivity contribution is -0.203. The summed E-state index contributed by atoms with van der Waals surface area (Å²) in [6.45, 7) is 13.3. The van der Waals surface area contributed by atoms with Gasteiger partial charge in [0.05, 0.1) is 5.75 Å². The first-order chi connectivity index (χ1) is 28.5. The Kier molecular flexibility index (Phi) is 14.0. The van der Waals surface area contributed by atoms with E-state index >= 15 is 0 Å². The number of halogens is 4. The molecule has 61 heavy (non-hydrogen) atoms. The highest BCUT2D eigenvalue weighted by molar-refractivity contribution is 7.89. The molecule has 3 aromatic carbocycles. The Balaban J connectivity index is 1.25. The highest BCUT2D eigenvalue weighted by Crippen LogP contribution is 2.61. The highest BCUT2D eigenvalue weighted by atomic mass is 32.2. The molecule has 1 aliphatic heterocycles. The molecule has 1 unspecified atom stereocenters. The fraction of sp³-hybridized carbons (Fsp3) is 0.565. The fourth-order valence-corrected chi connectivity index (χ4v) is 11.3. The third kappa shape index (κ3) is 11.5. The molecule has 3 aromatic rings. The van der Waals surface area contributed by atoms with Gasteiger partial charge >= 0.3 is 12.1 Å². The van der Waals surface area contributed by atoms with Crippen LogP contribution in [0, 0.1) is 34.4 Å². The number of hydrogen-bond acceptors (Lipinski definition) is 8. The number of hydrogen-bond donors (Lipinski definition) is 1. The number of nitrogens with one attached hydrogen (secondary N) is 1. The summed E-state index contributed by atoms with van der Waals surface area (Å²) in [5, 5.41) is 3.25. The van der Waals surface area contributed by atoms with Crippen LogP contribution >= 0.6 is 0 Å². The van der Waals surface area contributed by atoms with Gasteiger partial charge in [0.25, 0.3) is 0 Å². The third-order valence-corrected chi connectivity index (χ3v) is 14.8. The third-order valence-electron chi connectivity index (χ3n) is 13.0. The summed E-state index contributed by atoms with van der Waals surface area (Å²) in [7, 11) is -2.13. The van der Waals surface area contributed by atoms with E-state index in [1.807, 2.05) is 42.5 Å². The van der Waals surface area contributed by atoms with E-state index in [9.17, 15) is 35.6 Å². The van der Waals surface area contributed by atoms with Crippen molar-refractivity contribution in [3.8, 4) is 11.5 Å². The second-order valence-electron chi connectivity index (χ2n) is 19.1. The largest absolute Gasteiger partial charge is 0.490 e. The Morgan fingerprint density at radius 1 is 0.967 bits per heavy atom. The first-order valence-corrected chi connectivity index (χ1v) is 22.7. The molecule has 7 rings (SSSR count). The van der Waals surface area contributed by atoms with E-state index in [2.05, 4.69) is 56.5 Å². The lowest BCUT2D eigenvalue weighted by Gasteiger charge is -2.62. The number of rotatable bonds is 16. The van der Waals surface area contributed by atoms with Crippen LogP contribution in [0.3, 0.4) is 0 Å². The average molecular weight is 873 g/mol. The Morgan fingerprint density at radius 3 is 2.31 bits per heavy atom. The van der Waals surface area contributed by atoms with Crippen molar-refractivity contribution in [3.63, 3.8) is 0 Å². The van der Waals surface area contributed by atoms with Crippen molar-refractivity contribution in [2.24, 2.45) is 28.6 Å². The maximum absolute atomic E-state index is 13.8. The number of ether oxygens (including phenoxy) is 2. The van der Waals surface area contributed by atoms with Crippen LogP contribution in [0.4, 0.5) is 17.6 Å². The van der Waals surface area contributed by atoms with Crippen LogP contribution in [0.2, 0.25) is 0 Å². The van der Waals surface area contributed by atoms with Gasteiger partial charge in [-0.1, -0.05) is 84.0 Å². The maximum atomic E-state index is 13.8. The standard InChI is InChI=1S/C46H60F4N4O6S/c1-30-38-22-34(45(38,5)6)23-39(30)51-42(55)40-19-20-61(57,58)54(40)26-32-12-10-11-31(21-32)25-53(27-33-13-8-9-14-41(33)60-37-17-15-35(47)16-18-37)36(24-44(2,3)4)28-52(7)29-59-43(56)46(48,49)50/h8-18,21,30,34,36,38-40H,19-20,22-29H2,1-7H3,(H,51,55)/t30-,34+,36-,38-,39-,40?/m0/s1. The number of carbonyl (C=O) groups is 2. The van der Waals surface area contributed by atoms with Gasteiger partial charge in [-0.25, -0.2) is 17.6 Å². The van der Waals surface area contributed by atoms with Crippen molar-refractivity contribution < 1.29 is 45.0 Å². The van der Waals surface area contributed by atoms with Crippen LogP contribution in [0.5, 0.6) is 11.5 Å². The number of amides is 1. The van der Waals surface area contributed by atoms with Gasteiger partial charge in [0.15, 0.2) is 0 Å². The van der Waals surface area contributed by atoms with Crippen molar-refractivity contribution in [1.29, 1.82) is 0 Å². The fourth-order valence-electron chi connectivity index (χ4n) is 9.62. The van der Waals surface area contributed by atoms with E-state index in [-0.39, 0.29) is 54.1 Å². The smallest absolute Gasteiger partial charge is 0.457 e. The molecule has 3 aliphatic carbocycles. The maximum Gasteiger partial charge on any atom is 0.490 e. The van der Waals surface area contributed by atoms with E-state index in [1.54, 1.807) is 13.1 Å². The molecule has 15 heteroatoms. The lowest BCUT2D eigenvalue weighted by Crippen LogP contribution is -2.61. The van der Waals surface area contributed by atoms with Crippen LogP contribution in [-0.4, -0.2) is 84.8 Å². The number of alkyl halides is 3. The van der Waals surface area contributed by atoms with Crippen LogP contribution in [-0.2, 0) is 44.0 Å². The van der Waals surface area contributed by atoms with Gasteiger partial charge in [0.2, 0.25) is 15.9 Å². The van der Waals surface area contributed by atoms with Gasteiger partial charge in [-0.15, -0.1) is 0 Å². The van der Waals surface area contributed by atoms with E-state index < -0.39 is 40.8 Å². The average Bonchev–Trinajstić information content (AvgIpc) is 3.47. The minimum Gasteiger partial charge on any atom is -0.457 e. The molecule has 10 nitrogen and oxygen atoms in total. The summed E-state index contributed by atoms with van der Waals surface area (Å²) < 4.78 is 92.0. The van der Waals surface area contributed by atoms with Gasteiger partial charge < -0.3 is 14.8 Å². The number of nitrogens with zero attached hydrogens (tertiary/aromatic N) is 3. The van der Waals surface area contributed by atoms with Crippen molar-refractivity contribution in [3.05, 3.63) is 95.3 Å². The molecule has 334 valence electrons. The molecule has 0 radical (unpaired) electrons. The molecule has 2 bridgehead atoms. The quantitative estimate of drug-likeness (QED) is 0.0868. The van der Waals surface area contributed by atoms with Crippen LogP contribution in [0.15, 0.2) is 72.8 Å². The summed E-state index contributed by atoms with van der Waals surface area (Å²) in [6, 6.07) is 19.5. The summed E-state index contributed by atoms with van der Waals surface area (Å²) in [5.74, 6) is -0.717. The SMILES string of the molecule is C[C@@H]1[C@@H](NC(=O)C2CCS(=O)(=O)N2Cc2cccc(CN(Cc3ccccc3Oc3ccc(F)cc3)[C@H](CN(C)COC(=O)C(F)(F)F)CC(C)(C)C)c2)C[C@H]2C[C@@H]1C2(C)C. The van der Waals surface area contributed by atoms with Crippen molar-refractivity contribution in [1.82, 2.24) is 19.4 Å². The van der Waals surface area contributed by atoms with Crippen LogP contribution in [0.25, 0.3) is 0 Å². The van der Waals surface area contributed by atoms with E-state index in [0.717, 1.165) is 17.5 Å². The molecular weight excluding hydrogens is 813 g/mol. The zero-order valence-electron chi connectivity index (χ0n) is 36.2. The highest BCUT2D eigenvalue weighted by Gasteiger charge is 2.57. The molecule has 0 spiro atoms. The minimum absolute atomic E-state index is 0.00624. The number of carbonyl (C=O) groups excluding carboxylic acids is 2. The van der Waals surface area contributed by atoms with Crippen molar-refractivity contribution in [2.45, 2.75) is 111 Å². The molecule has 0 aromatic heterocycles. The molecule has 1 heterocycles. The zero-order valence-corrected chi connectivity index (χ0v) is 37.0. The second kappa shape index (κ2) is 18.4. The molecular formula is C46H60F4N4O6S. The van der Waals surface area contributed by atoms with E-state index in [4.69, 9.17) is 4.74 Å². The molecule has 4 fully saturated rings. The van der Waals surface area contributed by atoms with Crippen LogP contribution < -0.4 is 10.1 Å². The first-order valence-electron chi connectivity index (χ1n) is 21.1. The van der Waals surface area contributed by atoms with E-state index in [1.165, 1.54) is 39.9 Å². The number of likely N-dealkylation sites (N-methyl/N-ethyl adjacent to an activating group) is 1. The molecule has 1 saturated heterocycles. The number of benzene rings is 3. The summed E-state index contributed by atoms with van der Waals surface area (Å²) >= 11 is 0. The Morgan fingerprint density at radius 2 is 1.66 bits per heavy atom. The van der Waals surface area contributed by atoms with Crippen molar-refractivity contribution in [2.75, 3.05) is 26.1 Å². The van der Waals surface area contributed by atoms with Crippen LogP contribution in [0.1, 0.15) is 83.9 Å². The molecule has 1 N–H and O–H groups in total. The Hall–Kier alpha value is -4.05. The van der Waals surface area contributed by atoms with Gasteiger partial charge in [-0.3, -0.25) is 14.6 Å². The van der Waals surface area contributed by atoms with Gasteiger partial charge in [-0.05, 0) is 103 Å². The van der Waals surface area contributed by atoms with Gasteiger partial charge in [0, 0.05) is 43.8 Å². The molecule has 6 atom stereocenters. The first kappa shape index (κ1) is 46.5. The number of sulfonamides is 1. The van der Waals surface area contributed by atoms with Gasteiger partial charge in [-0.2, -0.15) is 17.5 Å². The van der Waals surface area contributed by atoms with Gasteiger partial charge in [0.1, 0.15) is 30.1 Å². The predicted octanol–water partition coefficient (Wildman–Crippen LogP) is 8.51. The second-order valence-corrected chi connectivity index (χ2v) is 21.2. The number of fused-ring (bicyclic) bond motifs is 2. The van der Waals surface area contributed by atoms with Crippen molar-refractivity contribution >= 4 is 21.9 Å².